The number of ether oxygens (including phenoxy) is 1. The number of carbonyl (C=O) groups is 1. The first-order chi connectivity index (χ1) is 16.5. The highest BCUT2D eigenvalue weighted by Gasteiger charge is 2.28. The number of thiol groups is 1. The van der Waals surface area contributed by atoms with Crippen LogP contribution in [0.15, 0.2) is 61.6 Å². The van der Waals surface area contributed by atoms with E-state index in [2.05, 4.69) is 53.0 Å². The molecule has 2 N–H and O–H groups in total. The summed E-state index contributed by atoms with van der Waals surface area (Å²) in [6, 6.07) is 11.4. The van der Waals surface area contributed by atoms with Gasteiger partial charge in [-0.15, -0.1) is 6.58 Å². The van der Waals surface area contributed by atoms with Crippen molar-refractivity contribution < 1.29 is 9.53 Å². The number of anilines is 1. The van der Waals surface area contributed by atoms with Gasteiger partial charge in [-0.05, 0) is 43.7 Å². The van der Waals surface area contributed by atoms with Gasteiger partial charge in [-0.25, -0.2) is 17.5 Å². The summed E-state index contributed by atoms with van der Waals surface area (Å²) in [7, 11) is 6.04. The second kappa shape index (κ2) is 13.9. The molecule has 0 bridgehead atoms. The van der Waals surface area contributed by atoms with Gasteiger partial charge in [0.2, 0.25) is 5.88 Å². The van der Waals surface area contributed by atoms with E-state index in [1.165, 1.54) is 0 Å². The van der Waals surface area contributed by atoms with Gasteiger partial charge in [-0.1, -0.05) is 18.2 Å². The molecule has 0 saturated carbocycles. The van der Waals surface area contributed by atoms with E-state index in [4.69, 9.17) is 10.00 Å². The Labute approximate surface area is 206 Å². The second-order valence-corrected chi connectivity index (χ2v) is 7.25. The van der Waals surface area contributed by atoms with Crippen molar-refractivity contribution in [3.05, 3.63) is 72.7 Å². The lowest BCUT2D eigenvalue weighted by molar-refractivity contribution is -0.123. The van der Waals surface area contributed by atoms with Crippen molar-refractivity contribution in [3.63, 3.8) is 0 Å². The van der Waals surface area contributed by atoms with Gasteiger partial charge in [0, 0.05) is 37.1 Å². The number of nitriles is 1. The van der Waals surface area contributed by atoms with Crippen molar-refractivity contribution in [3.8, 4) is 23.1 Å². The molecule has 0 fully saturated rings. The third kappa shape index (κ3) is 7.51. The summed E-state index contributed by atoms with van der Waals surface area (Å²) in [6.45, 7) is 6.33. The molecular weight excluding hydrogens is 447 g/mol. The van der Waals surface area contributed by atoms with E-state index in [-0.39, 0.29) is 5.91 Å². The Morgan fingerprint density at radius 1 is 1.32 bits per heavy atom. The number of carbonyl (C=O) groups excluding carboxylic acids is 1. The number of nitrogens with one attached hydrogen (secondary N) is 2. The lowest BCUT2D eigenvalue weighted by Crippen LogP contribution is -2.44. The van der Waals surface area contributed by atoms with Crippen molar-refractivity contribution in [1.29, 1.82) is 5.26 Å². The Balaban J connectivity index is 0.000000758. The number of rotatable bonds is 6. The van der Waals surface area contributed by atoms with Crippen LogP contribution in [-0.2, 0) is 18.3 Å². The molecule has 2 aromatic heterocycles. The number of hydrogen-bond acceptors (Lipinski definition) is 7. The third-order valence-electron chi connectivity index (χ3n) is 4.70. The van der Waals surface area contributed by atoms with Gasteiger partial charge < -0.3 is 15.4 Å². The molecule has 10 heteroatoms. The molecule has 1 aliphatic heterocycles. The first-order valence-corrected chi connectivity index (χ1v) is 11.0. The minimum absolute atomic E-state index is 0.200. The van der Waals surface area contributed by atoms with E-state index in [0.29, 0.717) is 30.2 Å². The van der Waals surface area contributed by atoms with Crippen molar-refractivity contribution in [2.24, 2.45) is 7.05 Å². The Kier molecular flexibility index (Phi) is 10.9. The molecule has 0 spiro atoms. The molecule has 34 heavy (non-hydrogen) atoms. The van der Waals surface area contributed by atoms with Crippen LogP contribution in [-0.4, -0.2) is 47.0 Å². The van der Waals surface area contributed by atoms with Gasteiger partial charge >= 0.3 is 0 Å². The molecule has 0 saturated heterocycles. The number of amides is 1. The SMILES string of the molecule is C=CC.Cn1cc(-c2cnc3c(c2)NC(=O)C(CNCCc2ccc(C#N)cc2)O3)cn1.[B]S. The van der Waals surface area contributed by atoms with E-state index in [1.54, 1.807) is 35.3 Å². The van der Waals surface area contributed by atoms with Crippen molar-refractivity contribution in [1.82, 2.24) is 20.1 Å². The van der Waals surface area contributed by atoms with Crippen LogP contribution in [0.4, 0.5) is 5.69 Å². The summed E-state index contributed by atoms with van der Waals surface area (Å²) in [5.74, 6) is 0.213. The molecule has 1 atom stereocenters. The maximum absolute atomic E-state index is 12.4. The molecule has 0 aliphatic carbocycles. The summed E-state index contributed by atoms with van der Waals surface area (Å²) >= 11 is 3.03. The average Bonchev–Trinajstić information content (AvgIpc) is 3.30. The smallest absolute Gasteiger partial charge is 0.267 e. The Morgan fingerprint density at radius 3 is 2.65 bits per heavy atom. The van der Waals surface area contributed by atoms with Crippen LogP contribution >= 0.6 is 12.5 Å². The fourth-order valence-electron chi connectivity index (χ4n) is 3.11. The van der Waals surface area contributed by atoms with Crippen LogP contribution in [0.5, 0.6) is 5.88 Å². The Bertz CT molecular complexity index is 1130. The lowest BCUT2D eigenvalue weighted by atomic mass is 10.1. The van der Waals surface area contributed by atoms with Gasteiger partial charge in [0.1, 0.15) is 5.69 Å². The van der Waals surface area contributed by atoms with Crippen molar-refractivity contribution >= 4 is 31.2 Å². The first kappa shape index (κ1) is 26.7. The molecule has 1 aromatic carbocycles. The standard InChI is InChI=1S/C21H20N6O2.C3H6.BHS/c1-27-13-17(11-25-27)16-8-18-21(24-10-16)29-19(20(28)26-18)12-23-7-6-14-2-4-15(9-22)5-3-14;1-3-2;1-2/h2-5,8,10-11,13,19,23H,6-7,12H2,1H3,(H,26,28);3H,1H2,2H3;2H. The summed E-state index contributed by atoms with van der Waals surface area (Å²) in [5, 5.41) is 19.1. The first-order valence-electron chi connectivity index (χ1n) is 10.5. The Morgan fingerprint density at radius 2 is 2.03 bits per heavy atom. The van der Waals surface area contributed by atoms with E-state index >= 15 is 0 Å². The number of aromatic nitrogens is 3. The number of pyridine rings is 1. The molecule has 8 nitrogen and oxygen atoms in total. The predicted molar refractivity (Wildman–Crippen MR) is 138 cm³/mol. The minimum Gasteiger partial charge on any atom is -0.461 e. The summed E-state index contributed by atoms with van der Waals surface area (Å²) in [6.07, 6.45) is 7.25. The number of allylic oxidation sites excluding steroid dienone is 1. The van der Waals surface area contributed by atoms with Crippen LogP contribution in [0.1, 0.15) is 18.1 Å². The zero-order chi connectivity index (χ0) is 24.9. The normalized spacial score (nSPS) is 13.5. The number of hydrogen-bond donors (Lipinski definition) is 3. The highest BCUT2D eigenvalue weighted by Crippen LogP contribution is 2.31. The van der Waals surface area contributed by atoms with Crippen molar-refractivity contribution in [2.75, 3.05) is 18.4 Å². The molecule has 4 rings (SSSR count). The van der Waals surface area contributed by atoms with Crippen LogP contribution in [0.25, 0.3) is 11.1 Å². The summed E-state index contributed by atoms with van der Waals surface area (Å²) in [5.41, 5.74) is 4.11. The topological polar surface area (TPSA) is 105 Å². The van der Waals surface area contributed by atoms with Gasteiger partial charge in [0.15, 0.2) is 13.2 Å². The zero-order valence-corrected chi connectivity index (χ0v) is 20.1. The molecule has 1 amide bonds. The van der Waals surface area contributed by atoms with Crippen LogP contribution in [0, 0.1) is 11.3 Å². The minimum atomic E-state index is -0.639. The summed E-state index contributed by atoms with van der Waals surface area (Å²) < 4.78 is 7.49. The predicted octanol–water partition coefficient (Wildman–Crippen LogP) is 3.08. The van der Waals surface area contributed by atoms with Gasteiger partial charge in [-0.3, -0.25) is 9.48 Å². The Hall–Kier alpha value is -3.55. The summed E-state index contributed by atoms with van der Waals surface area (Å²) in [4.78, 5) is 16.7. The van der Waals surface area contributed by atoms with Crippen LogP contribution in [0.3, 0.4) is 0 Å². The highest BCUT2D eigenvalue weighted by atomic mass is 32.1. The molecule has 1 unspecified atom stereocenters. The van der Waals surface area contributed by atoms with E-state index < -0.39 is 6.10 Å². The second-order valence-electron chi connectivity index (χ2n) is 7.25. The quantitative estimate of drug-likeness (QED) is 0.220. The monoisotopic (exact) mass is 474 g/mol. The van der Waals surface area contributed by atoms with Gasteiger partial charge in [-0.2, -0.15) is 10.4 Å². The zero-order valence-electron chi connectivity index (χ0n) is 19.2. The van der Waals surface area contributed by atoms with E-state index in [1.807, 2.05) is 38.4 Å². The van der Waals surface area contributed by atoms with Gasteiger partial charge in [0.25, 0.3) is 5.91 Å². The molecular formula is C24H27BN6O2S. The lowest BCUT2D eigenvalue weighted by Gasteiger charge is -2.25. The highest BCUT2D eigenvalue weighted by molar-refractivity contribution is 8.03. The average molecular weight is 474 g/mol. The van der Waals surface area contributed by atoms with E-state index in [0.717, 1.165) is 23.1 Å². The maximum atomic E-state index is 12.4. The molecule has 3 aromatic rings. The number of benzene rings is 1. The molecule has 174 valence electrons. The van der Waals surface area contributed by atoms with E-state index in [9.17, 15) is 4.79 Å². The largest absolute Gasteiger partial charge is 0.461 e. The molecule has 2 radical (unpaired) electrons. The third-order valence-corrected chi connectivity index (χ3v) is 4.70. The van der Waals surface area contributed by atoms with Crippen LogP contribution < -0.4 is 15.4 Å². The fourth-order valence-corrected chi connectivity index (χ4v) is 3.11. The van der Waals surface area contributed by atoms with Crippen molar-refractivity contribution in [2.45, 2.75) is 19.4 Å². The fraction of sp³-hybridized carbons (Fsp3) is 0.250. The molecule has 3 heterocycles. The number of fused-ring (bicyclic) bond motifs is 1. The molecule has 1 aliphatic rings. The maximum Gasteiger partial charge on any atom is 0.267 e. The number of aryl methyl sites for hydroxylation is 1. The van der Waals surface area contributed by atoms with Gasteiger partial charge in [0.05, 0.1) is 17.8 Å². The van der Waals surface area contributed by atoms with Crippen LogP contribution in [0.2, 0.25) is 0 Å². The number of nitrogens with zero attached hydrogens (tertiary/aromatic N) is 4.